The largest absolute Gasteiger partial charge is 0.464 e. The lowest BCUT2D eigenvalue weighted by Gasteiger charge is -2.06. The second-order valence-electron chi connectivity index (χ2n) is 3.19. The van der Waals surface area contributed by atoms with Gasteiger partial charge in [-0.05, 0) is 24.0 Å². The van der Waals surface area contributed by atoms with Crippen LogP contribution in [0.15, 0.2) is 24.9 Å². The smallest absolute Gasteiger partial charge is 0.356 e. The number of aryl methyl sites for hydroxylation is 1. The van der Waals surface area contributed by atoms with Gasteiger partial charge in [0.15, 0.2) is 5.69 Å². The van der Waals surface area contributed by atoms with Crippen molar-refractivity contribution >= 4 is 5.97 Å². The van der Waals surface area contributed by atoms with Gasteiger partial charge < -0.3 is 4.74 Å². The van der Waals surface area contributed by atoms with Crippen LogP contribution in [0.2, 0.25) is 0 Å². The number of rotatable bonds is 4. The summed E-state index contributed by atoms with van der Waals surface area (Å²) in [5.74, 6) is -0.394. The molecule has 0 atom stereocenters. The first-order chi connectivity index (χ1) is 7.22. The van der Waals surface area contributed by atoms with Crippen LogP contribution in [0.25, 0.3) is 0 Å². The quantitative estimate of drug-likeness (QED) is 0.558. The van der Waals surface area contributed by atoms with Crippen LogP contribution in [0, 0.1) is 0 Å². The van der Waals surface area contributed by atoms with Crippen molar-refractivity contribution in [2.75, 3.05) is 7.11 Å². The standard InChI is InChI=1S/C12H15NO2/c1-4-6-10-7-9(5-2)8-13-11(10)12(14)15-3/h4,7-8H,1,5-6H2,2-3H3. The highest BCUT2D eigenvalue weighted by molar-refractivity contribution is 5.88. The average molecular weight is 205 g/mol. The molecule has 1 aromatic rings. The maximum atomic E-state index is 11.4. The van der Waals surface area contributed by atoms with Gasteiger partial charge in [-0.1, -0.05) is 19.1 Å². The van der Waals surface area contributed by atoms with E-state index in [0.717, 1.165) is 17.5 Å². The Morgan fingerprint density at radius 1 is 1.67 bits per heavy atom. The normalized spacial score (nSPS) is 9.73. The molecule has 1 rings (SSSR count). The summed E-state index contributed by atoms with van der Waals surface area (Å²) in [5, 5.41) is 0. The third kappa shape index (κ3) is 2.65. The van der Waals surface area contributed by atoms with Gasteiger partial charge in [-0.25, -0.2) is 9.78 Å². The number of pyridine rings is 1. The maximum Gasteiger partial charge on any atom is 0.356 e. The number of ether oxygens (including phenoxy) is 1. The minimum absolute atomic E-state index is 0.384. The molecule has 0 fully saturated rings. The molecular weight excluding hydrogens is 190 g/mol. The molecule has 3 heteroatoms. The van der Waals surface area contributed by atoms with Gasteiger partial charge in [0.05, 0.1) is 7.11 Å². The topological polar surface area (TPSA) is 39.2 Å². The second kappa shape index (κ2) is 5.29. The third-order valence-electron chi connectivity index (χ3n) is 2.17. The van der Waals surface area contributed by atoms with Crippen molar-refractivity contribution < 1.29 is 9.53 Å². The first-order valence-electron chi connectivity index (χ1n) is 4.90. The van der Waals surface area contributed by atoms with Crippen LogP contribution in [0.1, 0.15) is 28.5 Å². The van der Waals surface area contributed by atoms with Crippen LogP contribution >= 0.6 is 0 Å². The van der Waals surface area contributed by atoms with Crippen molar-refractivity contribution in [3.63, 3.8) is 0 Å². The molecule has 0 aliphatic carbocycles. The first-order valence-corrected chi connectivity index (χ1v) is 4.90. The van der Waals surface area contributed by atoms with E-state index in [1.807, 2.05) is 13.0 Å². The number of aromatic nitrogens is 1. The van der Waals surface area contributed by atoms with Crippen molar-refractivity contribution in [3.8, 4) is 0 Å². The predicted molar refractivity (Wildman–Crippen MR) is 58.9 cm³/mol. The van der Waals surface area contributed by atoms with E-state index in [1.165, 1.54) is 7.11 Å². The molecule has 1 heterocycles. The molecule has 0 spiro atoms. The fraction of sp³-hybridized carbons (Fsp3) is 0.333. The van der Waals surface area contributed by atoms with Crippen LogP contribution in [0.3, 0.4) is 0 Å². The average Bonchev–Trinajstić information content (AvgIpc) is 2.28. The van der Waals surface area contributed by atoms with E-state index in [0.29, 0.717) is 12.1 Å². The van der Waals surface area contributed by atoms with Gasteiger partial charge in [-0.15, -0.1) is 6.58 Å². The molecule has 0 saturated carbocycles. The summed E-state index contributed by atoms with van der Waals surface area (Å²) >= 11 is 0. The van der Waals surface area contributed by atoms with E-state index >= 15 is 0 Å². The highest BCUT2D eigenvalue weighted by Crippen LogP contribution is 2.12. The maximum absolute atomic E-state index is 11.4. The second-order valence-corrected chi connectivity index (χ2v) is 3.19. The van der Waals surface area contributed by atoms with Crippen LogP contribution < -0.4 is 0 Å². The molecule has 0 aliphatic heterocycles. The Hall–Kier alpha value is -1.64. The third-order valence-corrected chi connectivity index (χ3v) is 2.17. The van der Waals surface area contributed by atoms with Crippen LogP contribution in [-0.2, 0) is 17.6 Å². The summed E-state index contributed by atoms with van der Waals surface area (Å²) in [6.45, 7) is 5.71. The number of nitrogens with zero attached hydrogens (tertiary/aromatic N) is 1. The molecule has 1 aromatic heterocycles. The summed E-state index contributed by atoms with van der Waals surface area (Å²) in [5.41, 5.74) is 2.37. The van der Waals surface area contributed by atoms with Gasteiger partial charge in [-0.2, -0.15) is 0 Å². The first kappa shape index (κ1) is 11.4. The molecule has 3 nitrogen and oxygen atoms in total. The summed E-state index contributed by atoms with van der Waals surface area (Å²) < 4.78 is 4.66. The Kier molecular flexibility index (Phi) is 4.03. The number of carbonyl (C=O) groups excluding carboxylic acids is 1. The highest BCUT2D eigenvalue weighted by Gasteiger charge is 2.12. The number of hydrogen-bond donors (Lipinski definition) is 0. The van der Waals surface area contributed by atoms with E-state index < -0.39 is 5.97 Å². The van der Waals surface area contributed by atoms with Crippen molar-refractivity contribution in [2.45, 2.75) is 19.8 Å². The Bertz CT molecular complexity index is 372. The number of methoxy groups -OCH3 is 1. The Morgan fingerprint density at radius 2 is 2.40 bits per heavy atom. The molecular formula is C12H15NO2. The molecule has 0 saturated heterocycles. The molecule has 0 amide bonds. The minimum atomic E-state index is -0.394. The summed E-state index contributed by atoms with van der Waals surface area (Å²) in [4.78, 5) is 15.5. The summed E-state index contributed by atoms with van der Waals surface area (Å²) in [6.07, 6.45) is 4.99. The van der Waals surface area contributed by atoms with Gasteiger partial charge in [0.1, 0.15) is 0 Å². The molecule has 0 unspecified atom stereocenters. The van der Waals surface area contributed by atoms with Crippen LogP contribution in [-0.4, -0.2) is 18.1 Å². The Balaban J connectivity index is 3.13. The van der Waals surface area contributed by atoms with Crippen LogP contribution in [0.4, 0.5) is 0 Å². The monoisotopic (exact) mass is 205 g/mol. The number of hydrogen-bond acceptors (Lipinski definition) is 3. The van der Waals surface area contributed by atoms with Gasteiger partial charge in [0.25, 0.3) is 0 Å². The van der Waals surface area contributed by atoms with Crippen molar-refractivity contribution in [1.82, 2.24) is 4.98 Å². The number of carbonyl (C=O) groups is 1. The fourth-order valence-corrected chi connectivity index (χ4v) is 1.34. The SMILES string of the molecule is C=CCc1cc(CC)cnc1C(=O)OC. The van der Waals surface area contributed by atoms with E-state index in [-0.39, 0.29) is 0 Å². The summed E-state index contributed by atoms with van der Waals surface area (Å²) in [7, 11) is 1.36. The summed E-state index contributed by atoms with van der Waals surface area (Å²) in [6, 6.07) is 1.97. The zero-order chi connectivity index (χ0) is 11.3. The van der Waals surface area contributed by atoms with Crippen molar-refractivity contribution in [3.05, 3.63) is 41.7 Å². The van der Waals surface area contributed by atoms with Crippen molar-refractivity contribution in [1.29, 1.82) is 0 Å². The number of esters is 1. The molecule has 0 aromatic carbocycles. The Morgan fingerprint density at radius 3 is 2.93 bits per heavy atom. The molecule has 15 heavy (non-hydrogen) atoms. The lowest BCUT2D eigenvalue weighted by atomic mass is 10.1. The van der Waals surface area contributed by atoms with Gasteiger partial charge in [-0.3, -0.25) is 0 Å². The van der Waals surface area contributed by atoms with Gasteiger partial charge >= 0.3 is 5.97 Å². The lowest BCUT2D eigenvalue weighted by molar-refractivity contribution is 0.0593. The molecule has 0 radical (unpaired) electrons. The van der Waals surface area contributed by atoms with Gasteiger partial charge in [0.2, 0.25) is 0 Å². The Labute approximate surface area is 89.8 Å². The molecule has 80 valence electrons. The predicted octanol–water partition coefficient (Wildman–Crippen LogP) is 2.16. The van der Waals surface area contributed by atoms with E-state index in [2.05, 4.69) is 16.3 Å². The molecule has 0 aliphatic rings. The van der Waals surface area contributed by atoms with Crippen molar-refractivity contribution in [2.24, 2.45) is 0 Å². The molecule has 0 bridgehead atoms. The van der Waals surface area contributed by atoms with E-state index in [1.54, 1.807) is 12.3 Å². The van der Waals surface area contributed by atoms with Gasteiger partial charge in [0, 0.05) is 6.20 Å². The highest BCUT2D eigenvalue weighted by atomic mass is 16.5. The van der Waals surface area contributed by atoms with E-state index in [4.69, 9.17) is 0 Å². The zero-order valence-corrected chi connectivity index (χ0v) is 9.12. The van der Waals surface area contributed by atoms with E-state index in [9.17, 15) is 4.79 Å². The molecule has 0 N–H and O–H groups in total. The fourth-order valence-electron chi connectivity index (χ4n) is 1.34. The minimum Gasteiger partial charge on any atom is -0.464 e. The number of allylic oxidation sites excluding steroid dienone is 1. The van der Waals surface area contributed by atoms with Crippen LogP contribution in [0.5, 0.6) is 0 Å². The lowest BCUT2D eigenvalue weighted by Crippen LogP contribution is -2.09. The zero-order valence-electron chi connectivity index (χ0n) is 9.12.